The van der Waals surface area contributed by atoms with E-state index in [1.165, 1.54) is 6.07 Å². The molecule has 1 aliphatic heterocycles. The van der Waals surface area contributed by atoms with Crippen LogP contribution in [-0.2, 0) is 10.0 Å². The van der Waals surface area contributed by atoms with E-state index in [2.05, 4.69) is 0 Å². The summed E-state index contributed by atoms with van der Waals surface area (Å²) in [5.41, 5.74) is 0.354. The van der Waals surface area contributed by atoms with Crippen LogP contribution in [0.25, 0.3) is 0 Å². The number of nitrogens with one attached hydrogen (secondary N) is 1. The molecule has 1 aliphatic rings. The SMILES string of the molecule is O=C1NS(=O)(=O)c2cc(F)ccc2N1c1ccccc1Cl. The fourth-order valence-corrected chi connectivity index (χ4v) is 3.44. The predicted molar refractivity (Wildman–Crippen MR) is 75.7 cm³/mol. The Bertz CT molecular complexity index is 854. The van der Waals surface area contributed by atoms with E-state index in [9.17, 15) is 17.6 Å². The van der Waals surface area contributed by atoms with Crippen molar-refractivity contribution in [3.63, 3.8) is 0 Å². The van der Waals surface area contributed by atoms with E-state index in [-0.39, 0.29) is 15.6 Å². The van der Waals surface area contributed by atoms with Crippen LogP contribution in [0.1, 0.15) is 0 Å². The molecule has 3 rings (SSSR count). The van der Waals surface area contributed by atoms with Crippen molar-refractivity contribution in [2.75, 3.05) is 4.90 Å². The van der Waals surface area contributed by atoms with E-state index < -0.39 is 21.9 Å². The molecule has 108 valence electrons. The summed E-state index contributed by atoms with van der Waals surface area (Å²) >= 11 is 6.05. The van der Waals surface area contributed by atoms with E-state index in [0.717, 1.165) is 17.0 Å². The number of sulfonamides is 1. The van der Waals surface area contributed by atoms with Gasteiger partial charge < -0.3 is 0 Å². The van der Waals surface area contributed by atoms with Gasteiger partial charge in [-0.1, -0.05) is 23.7 Å². The van der Waals surface area contributed by atoms with E-state index in [1.54, 1.807) is 24.3 Å². The Labute approximate surface area is 125 Å². The lowest BCUT2D eigenvalue weighted by atomic mass is 10.2. The minimum absolute atomic E-state index is 0.0493. The minimum Gasteiger partial charge on any atom is -0.259 e. The Kier molecular flexibility index (Phi) is 3.11. The molecular weight excluding hydrogens is 319 g/mol. The van der Waals surface area contributed by atoms with Gasteiger partial charge in [0, 0.05) is 0 Å². The number of anilines is 2. The maximum atomic E-state index is 13.3. The van der Waals surface area contributed by atoms with E-state index in [4.69, 9.17) is 11.6 Å². The first kappa shape index (κ1) is 13.8. The number of urea groups is 1. The number of nitrogens with zero attached hydrogens (tertiary/aromatic N) is 1. The summed E-state index contributed by atoms with van der Waals surface area (Å²) in [4.78, 5) is 12.9. The molecule has 0 bridgehead atoms. The highest BCUT2D eigenvalue weighted by molar-refractivity contribution is 7.90. The molecule has 8 heteroatoms. The molecule has 2 aromatic carbocycles. The van der Waals surface area contributed by atoms with Gasteiger partial charge in [0.2, 0.25) is 0 Å². The topological polar surface area (TPSA) is 66.5 Å². The van der Waals surface area contributed by atoms with Crippen molar-refractivity contribution in [2.24, 2.45) is 0 Å². The third-order valence-electron chi connectivity index (χ3n) is 2.97. The first-order valence-electron chi connectivity index (χ1n) is 5.81. The standard InChI is InChI=1S/C13H8ClFN2O3S/c14-9-3-1-2-4-10(9)17-11-6-5-8(15)7-12(11)21(19,20)16-13(17)18/h1-7H,(H,16,18). The number of carbonyl (C=O) groups excluding carboxylic acids is 1. The predicted octanol–water partition coefficient (Wildman–Crippen LogP) is 3.03. The molecule has 0 atom stereocenters. The van der Waals surface area contributed by atoms with Crippen LogP contribution < -0.4 is 9.62 Å². The molecule has 0 aliphatic carbocycles. The second kappa shape index (κ2) is 4.71. The van der Waals surface area contributed by atoms with Crippen LogP contribution in [-0.4, -0.2) is 14.4 Å². The molecule has 0 radical (unpaired) electrons. The third kappa shape index (κ3) is 2.24. The first-order chi connectivity index (χ1) is 9.90. The van der Waals surface area contributed by atoms with Gasteiger partial charge in [-0.15, -0.1) is 0 Å². The van der Waals surface area contributed by atoms with Crippen LogP contribution in [0.5, 0.6) is 0 Å². The zero-order valence-corrected chi connectivity index (χ0v) is 12.0. The lowest BCUT2D eigenvalue weighted by molar-refractivity contribution is 0.252. The fraction of sp³-hybridized carbons (Fsp3) is 0. The summed E-state index contributed by atoms with van der Waals surface area (Å²) in [6.45, 7) is 0. The lowest BCUT2D eigenvalue weighted by Crippen LogP contribution is -2.45. The van der Waals surface area contributed by atoms with Gasteiger partial charge in [-0.2, -0.15) is 0 Å². The van der Waals surface area contributed by atoms with Crippen molar-refractivity contribution in [3.05, 3.63) is 53.3 Å². The molecule has 0 unspecified atom stereocenters. The summed E-state index contributed by atoms with van der Waals surface area (Å²) in [6, 6.07) is 8.75. The highest BCUT2D eigenvalue weighted by Gasteiger charge is 2.35. The molecule has 5 nitrogen and oxygen atoms in total. The van der Waals surface area contributed by atoms with Gasteiger partial charge in [-0.3, -0.25) is 4.90 Å². The average molecular weight is 327 g/mol. The normalized spacial score (nSPS) is 16.3. The largest absolute Gasteiger partial charge is 0.340 e. The smallest absolute Gasteiger partial charge is 0.259 e. The Morgan fingerprint density at radius 1 is 1.10 bits per heavy atom. The number of para-hydroxylation sites is 1. The van der Waals surface area contributed by atoms with Crippen LogP contribution in [0.15, 0.2) is 47.4 Å². The molecule has 0 saturated carbocycles. The Hall–Kier alpha value is -2.12. The number of benzene rings is 2. The zero-order valence-electron chi connectivity index (χ0n) is 10.4. The van der Waals surface area contributed by atoms with Gasteiger partial charge >= 0.3 is 6.03 Å². The highest BCUT2D eigenvalue weighted by atomic mass is 35.5. The van der Waals surface area contributed by atoms with Gasteiger partial charge in [0.25, 0.3) is 10.0 Å². The van der Waals surface area contributed by atoms with Gasteiger partial charge in [-0.05, 0) is 30.3 Å². The second-order valence-corrected chi connectivity index (χ2v) is 6.37. The maximum absolute atomic E-state index is 13.3. The quantitative estimate of drug-likeness (QED) is 0.876. The number of rotatable bonds is 1. The molecule has 1 heterocycles. The van der Waals surface area contributed by atoms with Crippen molar-refractivity contribution in [3.8, 4) is 0 Å². The maximum Gasteiger partial charge on any atom is 0.340 e. The minimum atomic E-state index is -4.09. The van der Waals surface area contributed by atoms with Crippen molar-refractivity contribution in [1.29, 1.82) is 0 Å². The molecule has 1 N–H and O–H groups in total. The summed E-state index contributed by atoms with van der Waals surface area (Å²) in [5.74, 6) is -0.715. The van der Waals surface area contributed by atoms with E-state index in [1.807, 2.05) is 4.72 Å². The average Bonchev–Trinajstić information content (AvgIpc) is 2.41. The first-order valence-corrected chi connectivity index (χ1v) is 7.67. The number of halogens is 2. The summed E-state index contributed by atoms with van der Waals surface area (Å²) in [5, 5.41) is 0.266. The molecule has 21 heavy (non-hydrogen) atoms. The number of amides is 2. The van der Waals surface area contributed by atoms with Gasteiger partial charge in [0.1, 0.15) is 10.7 Å². The van der Waals surface area contributed by atoms with Crippen molar-refractivity contribution in [2.45, 2.75) is 4.90 Å². The van der Waals surface area contributed by atoms with Crippen molar-refractivity contribution in [1.82, 2.24) is 4.72 Å². The van der Waals surface area contributed by atoms with E-state index in [0.29, 0.717) is 5.69 Å². The molecule has 2 aromatic rings. The number of hydrogen-bond acceptors (Lipinski definition) is 3. The molecule has 0 fully saturated rings. The van der Waals surface area contributed by atoms with E-state index >= 15 is 0 Å². The second-order valence-electron chi connectivity index (χ2n) is 4.31. The Morgan fingerprint density at radius 3 is 2.52 bits per heavy atom. The summed E-state index contributed by atoms with van der Waals surface area (Å²) < 4.78 is 39.0. The van der Waals surface area contributed by atoms with Gasteiger partial charge in [0.05, 0.1) is 16.4 Å². The zero-order chi connectivity index (χ0) is 15.2. The molecule has 2 amide bonds. The van der Waals surface area contributed by atoms with Crippen LogP contribution in [0.2, 0.25) is 5.02 Å². The van der Waals surface area contributed by atoms with Gasteiger partial charge in [0.15, 0.2) is 0 Å². The number of hydrogen-bond donors (Lipinski definition) is 1. The molecule has 0 spiro atoms. The monoisotopic (exact) mass is 326 g/mol. The molecular formula is C13H8ClFN2O3S. The summed E-state index contributed by atoms with van der Waals surface area (Å²) in [7, 11) is -4.09. The summed E-state index contributed by atoms with van der Waals surface area (Å²) in [6.07, 6.45) is 0. The van der Waals surface area contributed by atoms with Crippen LogP contribution >= 0.6 is 11.6 Å². The third-order valence-corrected chi connectivity index (χ3v) is 4.64. The lowest BCUT2D eigenvalue weighted by Gasteiger charge is -2.30. The van der Waals surface area contributed by atoms with Crippen LogP contribution in [0.3, 0.4) is 0 Å². The highest BCUT2D eigenvalue weighted by Crippen LogP contribution is 2.38. The molecule has 0 aromatic heterocycles. The van der Waals surface area contributed by atoms with Crippen molar-refractivity contribution >= 4 is 39.0 Å². The van der Waals surface area contributed by atoms with Crippen molar-refractivity contribution < 1.29 is 17.6 Å². The van der Waals surface area contributed by atoms with Crippen LogP contribution in [0, 0.1) is 5.82 Å². The fourth-order valence-electron chi connectivity index (χ4n) is 2.09. The number of carbonyl (C=O) groups is 1. The van der Waals surface area contributed by atoms with Gasteiger partial charge in [-0.25, -0.2) is 22.3 Å². The Morgan fingerprint density at radius 2 is 1.81 bits per heavy atom. The van der Waals surface area contributed by atoms with Crippen LogP contribution in [0.4, 0.5) is 20.6 Å². The Balaban J connectivity index is 2.29. The number of fused-ring (bicyclic) bond motifs is 1. The molecule has 0 saturated heterocycles.